The van der Waals surface area contributed by atoms with Gasteiger partial charge in [0.1, 0.15) is 5.82 Å². The van der Waals surface area contributed by atoms with E-state index in [2.05, 4.69) is 20.4 Å². The lowest BCUT2D eigenvalue weighted by Gasteiger charge is -2.04. The van der Waals surface area contributed by atoms with E-state index < -0.39 is 0 Å². The van der Waals surface area contributed by atoms with Gasteiger partial charge in [0.15, 0.2) is 5.82 Å². The number of carbonyl (C=O) groups excluding carboxylic acids is 1. The van der Waals surface area contributed by atoms with Crippen LogP contribution in [0, 0.1) is 5.82 Å². The molecule has 0 spiro atoms. The van der Waals surface area contributed by atoms with Crippen LogP contribution in [0.4, 0.5) is 10.1 Å². The first-order valence-corrected chi connectivity index (χ1v) is 9.11. The zero-order valence-corrected chi connectivity index (χ0v) is 15.8. The van der Waals surface area contributed by atoms with Crippen LogP contribution in [0.3, 0.4) is 0 Å². The van der Waals surface area contributed by atoms with Gasteiger partial charge in [-0.25, -0.2) is 14.4 Å². The molecule has 0 bridgehead atoms. The summed E-state index contributed by atoms with van der Waals surface area (Å²) in [5.41, 5.74) is 2.12. The lowest BCUT2D eigenvalue weighted by molar-refractivity contribution is 0.102. The maximum Gasteiger partial charge on any atom is 0.258 e. The smallest absolute Gasteiger partial charge is 0.258 e. The van der Waals surface area contributed by atoms with Crippen molar-refractivity contribution in [1.29, 1.82) is 0 Å². The molecule has 144 valence electrons. The van der Waals surface area contributed by atoms with Crippen molar-refractivity contribution < 1.29 is 9.18 Å². The van der Waals surface area contributed by atoms with Crippen molar-refractivity contribution in [1.82, 2.24) is 19.7 Å². The Morgan fingerprint density at radius 3 is 2.48 bits per heavy atom. The topological polar surface area (TPSA) is 72.7 Å². The molecule has 2 heterocycles. The molecule has 0 aliphatic rings. The Hall–Kier alpha value is -3.58. The zero-order valence-electron chi connectivity index (χ0n) is 15.1. The van der Waals surface area contributed by atoms with E-state index in [1.807, 2.05) is 0 Å². The summed E-state index contributed by atoms with van der Waals surface area (Å²) in [6, 6.07) is 13.6. The predicted molar refractivity (Wildman–Crippen MR) is 108 cm³/mol. The fourth-order valence-corrected chi connectivity index (χ4v) is 2.84. The van der Waals surface area contributed by atoms with Crippen LogP contribution in [0.15, 0.2) is 73.3 Å². The average molecular weight is 408 g/mol. The number of carbonyl (C=O) groups is 1. The number of hydrogen-bond donors (Lipinski definition) is 1. The normalized spacial score (nSPS) is 10.7. The second-order valence-electron chi connectivity index (χ2n) is 6.27. The molecule has 4 aromatic rings. The molecule has 0 saturated heterocycles. The van der Waals surface area contributed by atoms with Gasteiger partial charge < -0.3 is 5.32 Å². The first-order chi connectivity index (χ1) is 14.1. The van der Waals surface area contributed by atoms with Gasteiger partial charge in [-0.3, -0.25) is 9.48 Å². The van der Waals surface area contributed by atoms with Gasteiger partial charge in [0.25, 0.3) is 5.91 Å². The number of anilines is 1. The van der Waals surface area contributed by atoms with Crippen LogP contribution in [0.1, 0.15) is 15.9 Å². The highest BCUT2D eigenvalue weighted by molar-refractivity contribution is 6.30. The molecule has 1 amide bonds. The molecule has 6 nitrogen and oxygen atoms in total. The summed E-state index contributed by atoms with van der Waals surface area (Å²) in [5.74, 6) is -0.166. The van der Waals surface area contributed by atoms with Crippen LogP contribution in [0.2, 0.25) is 5.02 Å². The first-order valence-electron chi connectivity index (χ1n) is 8.74. The van der Waals surface area contributed by atoms with Gasteiger partial charge in [-0.05, 0) is 30.3 Å². The van der Waals surface area contributed by atoms with Crippen molar-refractivity contribution in [3.63, 3.8) is 0 Å². The Labute approximate surface area is 171 Å². The van der Waals surface area contributed by atoms with Crippen molar-refractivity contribution in [2.45, 2.75) is 6.54 Å². The van der Waals surface area contributed by atoms with Gasteiger partial charge in [-0.2, -0.15) is 5.10 Å². The highest BCUT2D eigenvalue weighted by atomic mass is 35.5. The molecule has 0 aliphatic heterocycles. The third-order valence-electron chi connectivity index (χ3n) is 4.20. The van der Waals surface area contributed by atoms with Crippen LogP contribution in [0.25, 0.3) is 11.4 Å². The van der Waals surface area contributed by atoms with Crippen molar-refractivity contribution in [2.24, 2.45) is 0 Å². The van der Waals surface area contributed by atoms with Gasteiger partial charge in [0.05, 0.1) is 24.0 Å². The molecule has 0 unspecified atom stereocenters. The minimum Gasteiger partial charge on any atom is -0.319 e. The molecule has 0 radical (unpaired) electrons. The van der Waals surface area contributed by atoms with Crippen molar-refractivity contribution in [3.8, 4) is 11.4 Å². The van der Waals surface area contributed by atoms with E-state index in [0.717, 1.165) is 5.56 Å². The van der Waals surface area contributed by atoms with E-state index in [1.54, 1.807) is 53.3 Å². The van der Waals surface area contributed by atoms with E-state index >= 15 is 0 Å². The monoisotopic (exact) mass is 407 g/mol. The van der Waals surface area contributed by atoms with Gasteiger partial charge in [0, 0.05) is 34.7 Å². The highest BCUT2D eigenvalue weighted by Gasteiger charge is 2.11. The second kappa shape index (κ2) is 8.20. The third kappa shape index (κ3) is 4.47. The minimum atomic E-state index is -0.363. The van der Waals surface area contributed by atoms with E-state index in [9.17, 15) is 9.18 Å². The summed E-state index contributed by atoms with van der Waals surface area (Å²) < 4.78 is 15.3. The summed E-state index contributed by atoms with van der Waals surface area (Å²) in [6.45, 7) is 0.265. The molecule has 0 fully saturated rings. The van der Waals surface area contributed by atoms with E-state index in [0.29, 0.717) is 27.7 Å². The molecule has 2 aromatic heterocycles. The molecule has 8 heteroatoms. The first kappa shape index (κ1) is 18.8. The Balaban J connectivity index is 1.42. The molecule has 0 saturated carbocycles. The maximum absolute atomic E-state index is 13.8. The Morgan fingerprint density at radius 1 is 1.03 bits per heavy atom. The van der Waals surface area contributed by atoms with E-state index in [4.69, 9.17) is 11.6 Å². The number of amides is 1. The lowest BCUT2D eigenvalue weighted by atomic mass is 10.2. The number of nitrogens with zero attached hydrogens (tertiary/aromatic N) is 4. The zero-order chi connectivity index (χ0) is 20.2. The molecule has 29 heavy (non-hydrogen) atoms. The molecule has 0 atom stereocenters. The fraction of sp³-hybridized carbons (Fsp3) is 0.0476. The number of hydrogen-bond acceptors (Lipinski definition) is 4. The van der Waals surface area contributed by atoms with Gasteiger partial charge in [-0.1, -0.05) is 29.8 Å². The molecular formula is C21H15ClFN5O. The Kier molecular flexibility index (Phi) is 5.31. The highest BCUT2D eigenvalue weighted by Crippen LogP contribution is 2.18. The third-order valence-corrected chi connectivity index (χ3v) is 4.45. The van der Waals surface area contributed by atoms with E-state index in [1.165, 1.54) is 24.7 Å². The summed E-state index contributed by atoms with van der Waals surface area (Å²) in [7, 11) is 0. The number of benzene rings is 2. The van der Waals surface area contributed by atoms with Crippen LogP contribution < -0.4 is 5.32 Å². The second-order valence-corrected chi connectivity index (χ2v) is 6.71. The average Bonchev–Trinajstić information content (AvgIpc) is 3.17. The molecule has 1 N–H and O–H groups in total. The number of aromatic nitrogens is 4. The molecule has 2 aromatic carbocycles. The molecule has 4 rings (SSSR count). The Morgan fingerprint density at radius 2 is 1.76 bits per heavy atom. The minimum absolute atomic E-state index is 0.265. The van der Waals surface area contributed by atoms with Gasteiger partial charge in [-0.15, -0.1) is 0 Å². The standard InChI is InChI=1S/C21H15ClFN5O/c22-17-7-5-14(6-8-17)20-24-9-16(10-25-20)21(29)27-18-11-26-28(13-18)12-15-3-1-2-4-19(15)23/h1-11,13H,12H2,(H,27,29). The van der Waals surface area contributed by atoms with Crippen molar-refractivity contribution in [3.05, 3.63) is 95.3 Å². The molecule has 0 aliphatic carbocycles. The van der Waals surface area contributed by atoms with Crippen molar-refractivity contribution in [2.75, 3.05) is 5.32 Å². The van der Waals surface area contributed by atoms with Gasteiger partial charge in [0.2, 0.25) is 0 Å². The quantitative estimate of drug-likeness (QED) is 0.531. The van der Waals surface area contributed by atoms with Crippen LogP contribution in [0.5, 0.6) is 0 Å². The SMILES string of the molecule is O=C(Nc1cnn(Cc2ccccc2F)c1)c1cnc(-c2ccc(Cl)cc2)nc1. The summed E-state index contributed by atoms with van der Waals surface area (Å²) >= 11 is 5.88. The number of rotatable bonds is 5. The largest absolute Gasteiger partial charge is 0.319 e. The summed E-state index contributed by atoms with van der Waals surface area (Å²) in [4.78, 5) is 20.9. The number of nitrogens with one attached hydrogen (secondary N) is 1. The van der Waals surface area contributed by atoms with Crippen molar-refractivity contribution >= 4 is 23.2 Å². The predicted octanol–water partition coefficient (Wildman–Crippen LogP) is 4.43. The van der Waals surface area contributed by atoms with Gasteiger partial charge >= 0.3 is 0 Å². The fourth-order valence-electron chi connectivity index (χ4n) is 2.71. The summed E-state index contributed by atoms with van der Waals surface area (Å²) in [6.07, 6.45) is 6.04. The maximum atomic E-state index is 13.8. The Bertz CT molecular complexity index is 1140. The van der Waals surface area contributed by atoms with Crippen LogP contribution >= 0.6 is 11.6 Å². The molecular weight excluding hydrogens is 393 g/mol. The van der Waals surface area contributed by atoms with E-state index in [-0.39, 0.29) is 18.3 Å². The lowest BCUT2D eigenvalue weighted by Crippen LogP contribution is -2.12. The van der Waals surface area contributed by atoms with Crippen LogP contribution in [-0.2, 0) is 6.54 Å². The van der Waals surface area contributed by atoms with Crippen LogP contribution in [-0.4, -0.2) is 25.7 Å². The number of halogens is 2. The summed E-state index contributed by atoms with van der Waals surface area (Å²) in [5, 5.41) is 7.51.